The fraction of sp³-hybridized carbons (Fsp3) is 1.00. The average Bonchev–Trinajstić information content (AvgIpc) is 2.09. The lowest BCUT2D eigenvalue weighted by molar-refractivity contribution is 0.00304. The quantitative estimate of drug-likeness (QED) is 0.320. The Hall–Kier alpha value is 0.190. The lowest BCUT2D eigenvalue weighted by atomic mass is 9.88. The van der Waals surface area contributed by atoms with Gasteiger partial charge in [0.2, 0.25) is 0 Å². The van der Waals surface area contributed by atoms with Gasteiger partial charge in [-0.05, 0) is 6.42 Å². The smallest absolute Gasteiger partial charge is 0.324 e. The molecule has 13 heavy (non-hydrogen) atoms. The van der Waals surface area contributed by atoms with Crippen LogP contribution in [0, 0.1) is 5.41 Å². The third kappa shape index (κ3) is 8.52. The van der Waals surface area contributed by atoms with E-state index in [4.69, 9.17) is 30.0 Å². The van der Waals surface area contributed by atoms with Gasteiger partial charge < -0.3 is 30.0 Å². The standard InChI is InChI=1S/C6H14O3.H3O3P/c1-2-6(3-7,4-8)5-9;1-4(2)3/h7-9H,2-5H2,1H3;1-3H. The Morgan fingerprint density at radius 2 is 1.15 bits per heavy atom. The molecule has 0 atom stereocenters. The van der Waals surface area contributed by atoms with Crippen molar-refractivity contribution in [2.24, 2.45) is 5.41 Å². The van der Waals surface area contributed by atoms with Crippen LogP contribution in [0.15, 0.2) is 0 Å². The van der Waals surface area contributed by atoms with Crippen molar-refractivity contribution in [2.75, 3.05) is 19.8 Å². The van der Waals surface area contributed by atoms with Crippen molar-refractivity contribution < 1.29 is 30.0 Å². The van der Waals surface area contributed by atoms with Gasteiger partial charge >= 0.3 is 8.60 Å². The molecule has 0 unspecified atom stereocenters. The summed E-state index contributed by atoms with van der Waals surface area (Å²) in [6, 6.07) is 0. The molecule has 82 valence electrons. The molecule has 0 rings (SSSR count). The summed E-state index contributed by atoms with van der Waals surface area (Å²) in [5.74, 6) is 0. The minimum Gasteiger partial charge on any atom is -0.396 e. The second-order valence-electron chi connectivity index (χ2n) is 2.60. The van der Waals surface area contributed by atoms with Crippen LogP contribution in [0.3, 0.4) is 0 Å². The Balaban J connectivity index is 0. The maximum absolute atomic E-state index is 8.66. The summed E-state index contributed by atoms with van der Waals surface area (Å²) in [5, 5.41) is 26.0. The molecule has 0 heterocycles. The van der Waals surface area contributed by atoms with Gasteiger partial charge in [-0.15, -0.1) is 0 Å². The Kier molecular flexibility index (Phi) is 10.6. The molecule has 0 radical (unpaired) electrons. The molecule has 0 aromatic heterocycles. The van der Waals surface area contributed by atoms with Gasteiger partial charge in [0.05, 0.1) is 19.8 Å². The molecular weight excluding hydrogens is 199 g/mol. The summed E-state index contributed by atoms with van der Waals surface area (Å²) in [6.45, 7) is 1.35. The molecule has 0 aliphatic carbocycles. The monoisotopic (exact) mass is 216 g/mol. The van der Waals surface area contributed by atoms with Crippen LogP contribution in [0.2, 0.25) is 0 Å². The molecule has 7 heteroatoms. The van der Waals surface area contributed by atoms with E-state index in [1.165, 1.54) is 0 Å². The van der Waals surface area contributed by atoms with Crippen LogP contribution < -0.4 is 0 Å². The van der Waals surface area contributed by atoms with Crippen LogP contribution >= 0.6 is 8.60 Å². The first-order valence-corrected chi connectivity index (χ1v) is 4.87. The Bertz CT molecular complexity index is 85.0. The largest absolute Gasteiger partial charge is 0.396 e. The van der Waals surface area contributed by atoms with Crippen molar-refractivity contribution in [1.29, 1.82) is 0 Å². The van der Waals surface area contributed by atoms with Gasteiger partial charge in [0.15, 0.2) is 0 Å². The summed E-state index contributed by atoms with van der Waals surface area (Å²) in [7, 11) is -2.62. The van der Waals surface area contributed by atoms with E-state index in [1.54, 1.807) is 0 Å². The first-order valence-electron chi connectivity index (χ1n) is 3.67. The zero-order valence-corrected chi connectivity index (χ0v) is 8.35. The molecule has 6 N–H and O–H groups in total. The second-order valence-corrected chi connectivity index (χ2v) is 3.13. The first kappa shape index (κ1) is 15.7. The number of hydrogen-bond acceptors (Lipinski definition) is 6. The highest BCUT2D eigenvalue weighted by molar-refractivity contribution is 7.38. The van der Waals surface area contributed by atoms with E-state index < -0.39 is 14.0 Å². The fourth-order valence-electron chi connectivity index (χ4n) is 0.485. The lowest BCUT2D eigenvalue weighted by Crippen LogP contribution is -2.32. The van der Waals surface area contributed by atoms with Crippen molar-refractivity contribution in [1.82, 2.24) is 0 Å². The molecule has 0 bridgehead atoms. The molecule has 0 aromatic rings. The number of aliphatic hydroxyl groups excluding tert-OH is 3. The molecular formula is C6H17O6P. The van der Waals surface area contributed by atoms with Crippen LogP contribution in [0.1, 0.15) is 13.3 Å². The van der Waals surface area contributed by atoms with Crippen LogP contribution in [0.5, 0.6) is 0 Å². The predicted molar refractivity (Wildman–Crippen MR) is 47.6 cm³/mol. The summed E-state index contributed by atoms with van der Waals surface area (Å²) in [5.41, 5.74) is -0.667. The van der Waals surface area contributed by atoms with Crippen LogP contribution in [-0.4, -0.2) is 49.8 Å². The van der Waals surface area contributed by atoms with Gasteiger partial charge in [-0.1, -0.05) is 6.92 Å². The number of aliphatic hydroxyl groups is 3. The normalized spacial score (nSPS) is 11.1. The van der Waals surface area contributed by atoms with E-state index in [-0.39, 0.29) is 19.8 Å². The summed E-state index contributed by atoms with van der Waals surface area (Å²) < 4.78 is 0. The van der Waals surface area contributed by atoms with Gasteiger partial charge in [0.25, 0.3) is 0 Å². The molecule has 0 fully saturated rings. The van der Waals surface area contributed by atoms with Crippen molar-refractivity contribution in [3.05, 3.63) is 0 Å². The minimum atomic E-state index is -2.62. The van der Waals surface area contributed by atoms with E-state index in [0.717, 1.165) is 0 Å². The van der Waals surface area contributed by atoms with Crippen molar-refractivity contribution in [3.8, 4) is 0 Å². The van der Waals surface area contributed by atoms with Gasteiger partial charge in [0.1, 0.15) is 0 Å². The molecule has 6 nitrogen and oxygen atoms in total. The maximum Gasteiger partial charge on any atom is 0.324 e. The first-order chi connectivity index (χ1) is 5.97. The van der Waals surface area contributed by atoms with Gasteiger partial charge in [0, 0.05) is 5.41 Å². The fourth-order valence-corrected chi connectivity index (χ4v) is 0.485. The highest BCUT2D eigenvalue weighted by Crippen LogP contribution is 2.18. The predicted octanol–water partition coefficient (Wildman–Crippen LogP) is -1.45. The maximum atomic E-state index is 8.66. The summed E-state index contributed by atoms with van der Waals surface area (Å²) in [6.07, 6.45) is 0.594. The van der Waals surface area contributed by atoms with E-state index in [9.17, 15) is 0 Å². The van der Waals surface area contributed by atoms with E-state index in [0.29, 0.717) is 6.42 Å². The summed E-state index contributed by atoms with van der Waals surface area (Å²) >= 11 is 0. The van der Waals surface area contributed by atoms with Gasteiger partial charge in [-0.2, -0.15) is 0 Å². The second kappa shape index (κ2) is 8.77. The third-order valence-corrected chi connectivity index (χ3v) is 1.76. The highest BCUT2D eigenvalue weighted by atomic mass is 31.2. The number of rotatable bonds is 4. The van der Waals surface area contributed by atoms with Crippen LogP contribution in [0.25, 0.3) is 0 Å². The lowest BCUT2D eigenvalue weighted by Gasteiger charge is -2.24. The van der Waals surface area contributed by atoms with Gasteiger partial charge in [-0.25, -0.2) is 0 Å². The van der Waals surface area contributed by atoms with Crippen LogP contribution in [-0.2, 0) is 0 Å². The average molecular weight is 216 g/mol. The Morgan fingerprint density at radius 3 is 1.15 bits per heavy atom. The number of hydrogen-bond donors (Lipinski definition) is 6. The Labute approximate surface area is 78.1 Å². The molecule has 0 saturated heterocycles. The highest BCUT2D eigenvalue weighted by Gasteiger charge is 2.24. The zero-order chi connectivity index (χ0) is 10.9. The zero-order valence-electron chi connectivity index (χ0n) is 7.46. The van der Waals surface area contributed by atoms with E-state index >= 15 is 0 Å². The Morgan fingerprint density at radius 1 is 0.923 bits per heavy atom. The van der Waals surface area contributed by atoms with Crippen molar-refractivity contribution in [3.63, 3.8) is 0 Å². The molecule has 0 saturated carbocycles. The van der Waals surface area contributed by atoms with Crippen molar-refractivity contribution in [2.45, 2.75) is 13.3 Å². The topological polar surface area (TPSA) is 121 Å². The van der Waals surface area contributed by atoms with Gasteiger partial charge in [-0.3, -0.25) is 0 Å². The molecule has 0 aliphatic rings. The third-order valence-electron chi connectivity index (χ3n) is 1.76. The minimum absolute atomic E-state index is 0.156. The molecule has 0 spiro atoms. The van der Waals surface area contributed by atoms with Crippen molar-refractivity contribution >= 4 is 8.60 Å². The summed E-state index contributed by atoms with van der Waals surface area (Å²) in [4.78, 5) is 21.7. The SMILES string of the molecule is CCC(CO)(CO)CO.OP(O)O. The van der Waals surface area contributed by atoms with E-state index in [1.807, 2.05) is 6.92 Å². The molecule has 0 aliphatic heterocycles. The van der Waals surface area contributed by atoms with Crippen LogP contribution in [0.4, 0.5) is 0 Å². The molecule has 0 amide bonds. The van der Waals surface area contributed by atoms with E-state index in [2.05, 4.69) is 0 Å². The molecule has 0 aromatic carbocycles.